The second-order valence-corrected chi connectivity index (χ2v) is 7.77. The molecule has 2 aromatic rings. The fourth-order valence-corrected chi connectivity index (χ4v) is 3.59. The Kier molecular flexibility index (Phi) is 26.0. The van der Waals surface area contributed by atoms with Crippen LogP contribution in [0.4, 0.5) is 0 Å². The topological polar surface area (TPSA) is 7.76 Å². The fourth-order valence-electron chi connectivity index (χ4n) is 3.59. The first kappa shape index (κ1) is 34.8. The van der Waals surface area contributed by atoms with Crippen molar-refractivity contribution in [3.63, 3.8) is 0 Å². The van der Waals surface area contributed by atoms with E-state index in [1.807, 2.05) is 0 Å². The van der Waals surface area contributed by atoms with E-state index in [1.165, 1.54) is 88.4 Å². The molecule has 2 nitrogen and oxygen atoms in total. The van der Waals surface area contributed by atoms with Gasteiger partial charge in [0.25, 0.3) is 0 Å². The minimum atomic E-state index is 0. The SMILES string of the molecule is Br.Br.Br.Br.Cc1ccc[n+](CCCCCCCCCCCC[n+]2cccc(C)c2)c1. The number of unbranched alkanes of at least 4 members (excludes halogenated alkanes) is 9. The van der Waals surface area contributed by atoms with E-state index in [0.717, 1.165) is 0 Å². The maximum atomic E-state index is 2.32. The molecule has 6 heteroatoms. The van der Waals surface area contributed by atoms with Gasteiger partial charge in [-0.1, -0.05) is 38.5 Å². The molecule has 0 aliphatic heterocycles. The monoisotopic (exact) mass is 674 g/mol. The van der Waals surface area contributed by atoms with E-state index in [4.69, 9.17) is 0 Å². The summed E-state index contributed by atoms with van der Waals surface area (Å²) in [6, 6.07) is 8.62. The molecule has 0 spiro atoms. The Hall–Kier alpha value is 0.220. The van der Waals surface area contributed by atoms with E-state index in [-0.39, 0.29) is 67.9 Å². The molecule has 0 N–H and O–H groups in total. The molecule has 2 heterocycles. The lowest BCUT2D eigenvalue weighted by Crippen LogP contribution is -2.32. The zero-order valence-electron chi connectivity index (χ0n) is 18.6. The molecule has 0 aromatic carbocycles. The van der Waals surface area contributed by atoms with Gasteiger partial charge in [0.05, 0.1) is 0 Å². The fraction of sp³-hybridized carbons (Fsp3) is 0.583. The summed E-state index contributed by atoms with van der Waals surface area (Å²) in [5, 5.41) is 0. The summed E-state index contributed by atoms with van der Waals surface area (Å²) < 4.78 is 4.65. The third-order valence-electron chi connectivity index (χ3n) is 5.09. The molecule has 0 unspecified atom stereocenters. The van der Waals surface area contributed by atoms with E-state index in [2.05, 4.69) is 72.0 Å². The van der Waals surface area contributed by atoms with Crippen LogP contribution in [0.5, 0.6) is 0 Å². The number of aryl methyl sites for hydroxylation is 4. The number of hydrogen-bond acceptors (Lipinski definition) is 0. The molecule has 30 heavy (non-hydrogen) atoms. The number of hydrogen-bond donors (Lipinski definition) is 0. The van der Waals surface area contributed by atoms with Gasteiger partial charge in [-0.3, -0.25) is 0 Å². The standard InChI is InChI=1S/C24H38N2.4BrH/c1-23-15-13-19-25(21-23)17-11-9-7-5-3-4-6-8-10-12-18-26-20-14-16-24(2)22-26;;;;/h13-16,19-22H,3-12,17-18H2,1-2H3;4*1H/q+2;;;;. The van der Waals surface area contributed by atoms with E-state index in [0.29, 0.717) is 0 Å². The van der Waals surface area contributed by atoms with Crippen molar-refractivity contribution in [3.05, 3.63) is 60.2 Å². The molecule has 0 radical (unpaired) electrons. The molecule has 0 aliphatic rings. The molecule has 0 fully saturated rings. The molecular formula is C24H42Br4N2+2. The largest absolute Gasteiger partial charge is 0.205 e. The number of nitrogens with zero attached hydrogens (tertiary/aromatic N) is 2. The highest BCUT2D eigenvalue weighted by molar-refractivity contribution is 8.93. The molecule has 174 valence electrons. The van der Waals surface area contributed by atoms with Crippen molar-refractivity contribution in [1.82, 2.24) is 0 Å². The minimum Gasteiger partial charge on any atom is -0.205 e. The normalized spacial score (nSPS) is 9.53. The van der Waals surface area contributed by atoms with Crippen molar-refractivity contribution in [3.8, 4) is 0 Å². The average Bonchev–Trinajstić information content (AvgIpc) is 2.63. The third-order valence-corrected chi connectivity index (χ3v) is 5.09. The first-order valence-electron chi connectivity index (χ1n) is 10.7. The van der Waals surface area contributed by atoms with Gasteiger partial charge < -0.3 is 0 Å². The Labute approximate surface area is 227 Å². The lowest BCUT2D eigenvalue weighted by molar-refractivity contribution is -0.697. The number of halogens is 4. The lowest BCUT2D eigenvalue weighted by Gasteiger charge is -2.02. The Balaban J connectivity index is -0.00000182. The summed E-state index contributed by atoms with van der Waals surface area (Å²) in [5.74, 6) is 0. The highest BCUT2D eigenvalue weighted by atomic mass is 79.9. The summed E-state index contributed by atoms with van der Waals surface area (Å²) in [5.41, 5.74) is 2.70. The summed E-state index contributed by atoms with van der Waals surface area (Å²) >= 11 is 0. The van der Waals surface area contributed by atoms with E-state index >= 15 is 0 Å². The van der Waals surface area contributed by atoms with Crippen molar-refractivity contribution >= 4 is 67.9 Å². The zero-order chi connectivity index (χ0) is 18.5. The van der Waals surface area contributed by atoms with Crippen molar-refractivity contribution < 1.29 is 9.13 Å². The van der Waals surface area contributed by atoms with Crippen molar-refractivity contribution in [2.24, 2.45) is 0 Å². The van der Waals surface area contributed by atoms with E-state index in [9.17, 15) is 0 Å². The Morgan fingerprint density at radius 1 is 0.500 bits per heavy atom. The maximum absolute atomic E-state index is 2.32. The van der Waals surface area contributed by atoms with Crippen molar-refractivity contribution in [2.45, 2.75) is 91.1 Å². The van der Waals surface area contributed by atoms with Crippen LogP contribution in [-0.4, -0.2) is 0 Å². The minimum absolute atomic E-state index is 0. The van der Waals surface area contributed by atoms with Gasteiger partial charge >= 0.3 is 0 Å². The van der Waals surface area contributed by atoms with Crippen LogP contribution < -0.4 is 9.13 Å². The molecule has 2 rings (SSSR count). The Bertz CT molecular complexity index is 583. The average molecular weight is 678 g/mol. The van der Waals surface area contributed by atoms with Gasteiger partial charge in [0.1, 0.15) is 13.1 Å². The van der Waals surface area contributed by atoms with Gasteiger partial charge in [-0.05, 0) is 38.8 Å². The number of pyridine rings is 2. The molecule has 2 aromatic heterocycles. The van der Waals surface area contributed by atoms with Crippen molar-refractivity contribution in [1.29, 1.82) is 0 Å². The molecule has 0 aliphatic carbocycles. The van der Waals surface area contributed by atoms with Gasteiger partial charge in [0, 0.05) is 36.1 Å². The second kappa shape index (κ2) is 22.4. The first-order chi connectivity index (χ1) is 12.7. The van der Waals surface area contributed by atoms with Crippen LogP contribution in [0.25, 0.3) is 0 Å². The Morgan fingerprint density at radius 3 is 1.10 bits per heavy atom. The van der Waals surface area contributed by atoms with E-state index < -0.39 is 0 Å². The predicted molar refractivity (Wildman–Crippen MR) is 150 cm³/mol. The molecule has 0 atom stereocenters. The van der Waals surface area contributed by atoms with Gasteiger partial charge in [-0.15, -0.1) is 67.9 Å². The molecular weight excluding hydrogens is 636 g/mol. The molecule has 0 bridgehead atoms. The summed E-state index contributed by atoms with van der Waals surface area (Å²) in [6.45, 7) is 6.66. The molecule has 0 saturated carbocycles. The quantitative estimate of drug-likeness (QED) is 0.151. The molecule has 0 amide bonds. The van der Waals surface area contributed by atoms with Gasteiger partial charge in [0.2, 0.25) is 0 Å². The van der Waals surface area contributed by atoms with Crippen LogP contribution in [0.2, 0.25) is 0 Å². The smallest absolute Gasteiger partial charge is 0.171 e. The van der Waals surface area contributed by atoms with Crippen LogP contribution in [0, 0.1) is 13.8 Å². The summed E-state index contributed by atoms with van der Waals surface area (Å²) in [6.07, 6.45) is 22.7. The predicted octanol–water partition coefficient (Wildman–Crippen LogP) is 7.79. The van der Waals surface area contributed by atoms with E-state index in [1.54, 1.807) is 0 Å². The van der Waals surface area contributed by atoms with Crippen LogP contribution in [0.3, 0.4) is 0 Å². The Morgan fingerprint density at radius 2 is 0.800 bits per heavy atom. The number of rotatable bonds is 13. The second-order valence-electron chi connectivity index (χ2n) is 7.77. The highest BCUT2D eigenvalue weighted by Crippen LogP contribution is 2.10. The summed E-state index contributed by atoms with van der Waals surface area (Å²) in [4.78, 5) is 0. The summed E-state index contributed by atoms with van der Waals surface area (Å²) in [7, 11) is 0. The highest BCUT2D eigenvalue weighted by Gasteiger charge is 2.01. The third kappa shape index (κ3) is 16.9. The maximum Gasteiger partial charge on any atom is 0.171 e. The van der Waals surface area contributed by atoms with Crippen LogP contribution in [-0.2, 0) is 13.1 Å². The zero-order valence-corrected chi connectivity index (χ0v) is 25.5. The van der Waals surface area contributed by atoms with Crippen LogP contribution in [0.15, 0.2) is 49.1 Å². The van der Waals surface area contributed by atoms with Crippen molar-refractivity contribution in [2.75, 3.05) is 0 Å². The van der Waals surface area contributed by atoms with Crippen LogP contribution >= 0.6 is 67.9 Å². The van der Waals surface area contributed by atoms with Crippen LogP contribution in [0.1, 0.15) is 75.3 Å². The van der Waals surface area contributed by atoms with Gasteiger partial charge in [-0.2, -0.15) is 0 Å². The van der Waals surface area contributed by atoms with Gasteiger partial charge in [-0.25, -0.2) is 9.13 Å². The molecule has 0 saturated heterocycles. The first-order valence-corrected chi connectivity index (χ1v) is 10.7. The lowest BCUT2D eigenvalue weighted by atomic mass is 10.1. The van der Waals surface area contributed by atoms with Gasteiger partial charge in [0.15, 0.2) is 24.8 Å². The number of aromatic nitrogens is 2.